The molecule has 298 valence electrons. The Morgan fingerprint density at radius 2 is 0.703 bits per heavy atom. The van der Waals surface area contributed by atoms with E-state index in [0.29, 0.717) is 105 Å². The van der Waals surface area contributed by atoms with E-state index >= 15 is 13.2 Å². The zero-order valence-electron chi connectivity index (χ0n) is 33.3. The SMILES string of the molecule is N#Cc1cccc(-c2cc(-n3c4ccccc4c4cc(-c5cc(C#N)cc(C#N)c5)ccc43)c(C(F)(F)F)c(-n3c4ccccc4c4cc(-c5cc(C#N)cc(C#N)c5)ccc43)c2)c1. The van der Waals surface area contributed by atoms with Crippen molar-refractivity contribution in [2.45, 2.75) is 6.18 Å². The average Bonchev–Trinajstić information content (AvgIpc) is 3.85. The monoisotopic (exact) mass is 829 g/mol. The zero-order valence-corrected chi connectivity index (χ0v) is 33.3. The molecule has 2 heterocycles. The van der Waals surface area contributed by atoms with Crippen molar-refractivity contribution in [2.24, 2.45) is 0 Å². The van der Waals surface area contributed by atoms with Gasteiger partial charge in [-0.1, -0.05) is 60.7 Å². The third-order valence-corrected chi connectivity index (χ3v) is 11.6. The predicted octanol–water partition coefficient (Wildman–Crippen LogP) is 13.3. The molecule has 0 fully saturated rings. The standard InChI is InChI=1S/C54H26F3N7/c55-54(56,57)53-51(63-47-10-3-1-8-43(47)45-23-38(12-14-49(45)63)40-19-33(28-59)16-34(20-40)29-60)25-42(37-7-5-6-32(18-37)27-58)26-52(53)64-48-11-4-2-9-44(48)46-24-39(13-15-50(46)64)41-21-35(30-61)17-36(22-41)31-62/h1-26H. The Morgan fingerprint density at radius 1 is 0.328 bits per heavy atom. The Kier molecular flexibility index (Phi) is 9.06. The second-order valence-corrected chi connectivity index (χ2v) is 15.3. The van der Waals surface area contributed by atoms with Gasteiger partial charge >= 0.3 is 6.18 Å². The van der Waals surface area contributed by atoms with Gasteiger partial charge in [0.1, 0.15) is 5.56 Å². The van der Waals surface area contributed by atoms with E-state index in [0.717, 1.165) is 0 Å². The van der Waals surface area contributed by atoms with Crippen molar-refractivity contribution in [1.29, 1.82) is 26.3 Å². The van der Waals surface area contributed by atoms with E-state index in [9.17, 15) is 26.3 Å². The lowest BCUT2D eigenvalue weighted by Gasteiger charge is -2.23. The first-order chi connectivity index (χ1) is 31.1. The van der Waals surface area contributed by atoms with Gasteiger partial charge in [-0.25, -0.2) is 0 Å². The van der Waals surface area contributed by atoms with Crippen LogP contribution in [0, 0.1) is 56.7 Å². The molecule has 0 N–H and O–H groups in total. The highest BCUT2D eigenvalue weighted by Crippen LogP contribution is 2.47. The van der Waals surface area contributed by atoms with Gasteiger partial charge in [-0.2, -0.15) is 39.5 Å². The largest absolute Gasteiger partial charge is 0.420 e. The maximum atomic E-state index is 16.4. The van der Waals surface area contributed by atoms with Crippen LogP contribution in [0.2, 0.25) is 0 Å². The molecule has 0 aliphatic carbocycles. The van der Waals surface area contributed by atoms with Crippen molar-refractivity contribution in [2.75, 3.05) is 0 Å². The van der Waals surface area contributed by atoms with Gasteiger partial charge in [0.15, 0.2) is 0 Å². The first-order valence-corrected chi connectivity index (χ1v) is 19.8. The fourth-order valence-corrected chi connectivity index (χ4v) is 8.86. The van der Waals surface area contributed by atoms with Gasteiger partial charge < -0.3 is 9.13 Å². The van der Waals surface area contributed by atoms with Gasteiger partial charge in [-0.05, 0) is 130 Å². The van der Waals surface area contributed by atoms with Crippen LogP contribution in [-0.4, -0.2) is 9.13 Å². The quantitative estimate of drug-likeness (QED) is 0.171. The number of rotatable bonds is 5. The zero-order chi connectivity index (χ0) is 44.3. The Hall–Kier alpha value is -9.40. The minimum atomic E-state index is -4.91. The van der Waals surface area contributed by atoms with Crippen LogP contribution in [0.3, 0.4) is 0 Å². The molecule has 0 unspecified atom stereocenters. The topological polar surface area (TPSA) is 129 Å². The number of benzene rings is 8. The van der Waals surface area contributed by atoms with E-state index in [4.69, 9.17) is 0 Å². The molecule has 0 atom stereocenters. The summed E-state index contributed by atoms with van der Waals surface area (Å²) in [5.74, 6) is 0. The van der Waals surface area contributed by atoms with E-state index in [2.05, 4.69) is 30.3 Å². The van der Waals surface area contributed by atoms with Crippen molar-refractivity contribution in [3.8, 4) is 75.1 Å². The first-order valence-electron chi connectivity index (χ1n) is 19.8. The van der Waals surface area contributed by atoms with Gasteiger partial charge in [0.2, 0.25) is 0 Å². The summed E-state index contributed by atoms with van der Waals surface area (Å²) >= 11 is 0. The number of para-hydroxylation sites is 2. The summed E-state index contributed by atoms with van der Waals surface area (Å²) in [4.78, 5) is 0. The van der Waals surface area contributed by atoms with Crippen molar-refractivity contribution >= 4 is 43.6 Å². The smallest absolute Gasteiger partial charge is 0.309 e. The van der Waals surface area contributed by atoms with Gasteiger partial charge in [0, 0.05) is 21.5 Å². The molecule has 10 rings (SSSR count). The third kappa shape index (κ3) is 6.34. The number of alkyl halides is 3. The van der Waals surface area contributed by atoms with Gasteiger partial charge in [0.05, 0.1) is 91.6 Å². The molecule has 0 aliphatic heterocycles. The second kappa shape index (κ2) is 14.9. The molecule has 8 aromatic carbocycles. The first kappa shape index (κ1) is 38.8. The van der Waals surface area contributed by atoms with Crippen molar-refractivity contribution in [3.63, 3.8) is 0 Å². The van der Waals surface area contributed by atoms with Crippen LogP contribution in [0.5, 0.6) is 0 Å². The van der Waals surface area contributed by atoms with E-state index in [1.807, 2.05) is 36.4 Å². The third-order valence-electron chi connectivity index (χ3n) is 11.6. The molecule has 10 aromatic rings. The second-order valence-electron chi connectivity index (χ2n) is 15.3. The van der Waals surface area contributed by atoms with Crippen LogP contribution in [0.15, 0.2) is 158 Å². The van der Waals surface area contributed by atoms with Gasteiger partial charge in [-0.3, -0.25) is 0 Å². The maximum absolute atomic E-state index is 16.4. The fraction of sp³-hybridized carbons (Fsp3) is 0.0185. The molecular weight excluding hydrogens is 804 g/mol. The van der Waals surface area contributed by atoms with Crippen LogP contribution in [0.4, 0.5) is 13.2 Å². The average molecular weight is 830 g/mol. The van der Waals surface area contributed by atoms with Crippen molar-refractivity contribution in [1.82, 2.24) is 9.13 Å². The lowest BCUT2D eigenvalue weighted by Crippen LogP contribution is -2.16. The van der Waals surface area contributed by atoms with E-state index in [-0.39, 0.29) is 11.4 Å². The Balaban J connectivity index is 1.31. The molecule has 0 amide bonds. The van der Waals surface area contributed by atoms with Crippen molar-refractivity contribution in [3.05, 3.63) is 191 Å². The van der Waals surface area contributed by atoms with Crippen LogP contribution >= 0.6 is 0 Å². The molecule has 2 aromatic heterocycles. The lowest BCUT2D eigenvalue weighted by atomic mass is 9.97. The van der Waals surface area contributed by atoms with Crippen molar-refractivity contribution < 1.29 is 13.2 Å². The fourth-order valence-electron chi connectivity index (χ4n) is 8.86. The summed E-state index contributed by atoms with van der Waals surface area (Å²) in [6, 6.07) is 55.4. The molecular formula is C54H26F3N7. The van der Waals surface area contributed by atoms with Crippen LogP contribution < -0.4 is 0 Å². The molecule has 0 saturated carbocycles. The van der Waals surface area contributed by atoms with E-state index < -0.39 is 11.7 Å². The number of fused-ring (bicyclic) bond motifs is 6. The highest BCUT2D eigenvalue weighted by atomic mass is 19.4. The highest BCUT2D eigenvalue weighted by molar-refractivity contribution is 6.12. The minimum Gasteiger partial charge on any atom is -0.309 e. The van der Waals surface area contributed by atoms with E-state index in [1.54, 1.807) is 106 Å². The van der Waals surface area contributed by atoms with Crippen LogP contribution in [-0.2, 0) is 6.18 Å². The summed E-state index contributed by atoms with van der Waals surface area (Å²) < 4.78 is 52.5. The van der Waals surface area contributed by atoms with Crippen LogP contribution in [0.25, 0.3) is 88.4 Å². The molecule has 10 heteroatoms. The Labute approximate surface area is 363 Å². The summed E-state index contributed by atoms with van der Waals surface area (Å²) in [5.41, 5.74) is 5.96. The number of hydrogen-bond acceptors (Lipinski definition) is 5. The number of hydrogen-bond donors (Lipinski definition) is 0. The number of nitrogens with zero attached hydrogens (tertiary/aromatic N) is 7. The normalized spacial score (nSPS) is 11.3. The number of aromatic nitrogens is 2. The maximum Gasteiger partial charge on any atom is 0.420 e. The molecule has 7 nitrogen and oxygen atoms in total. The number of nitriles is 5. The summed E-state index contributed by atoms with van der Waals surface area (Å²) in [7, 11) is 0. The van der Waals surface area contributed by atoms with E-state index in [1.165, 1.54) is 24.3 Å². The summed E-state index contributed by atoms with van der Waals surface area (Å²) in [6.45, 7) is 0. The molecule has 0 saturated heterocycles. The minimum absolute atomic E-state index is 0.139. The van der Waals surface area contributed by atoms with Gasteiger partial charge in [-0.15, -0.1) is 0 Å². The summed E-state index contributed by atoms with van der Waals surface area (Å²) in [6.07, 6.45) is -4.91. The van der Waals surface area contributed by atoms with Gasteiger partial charge in [0.25, 0.3) is 0 Å². The Morgan fingerprint density at radius 3 is 1.12 bits per heavy atom. The predicted molar refractivity (Wildman–Crippen MR) is 240 cm³/mol. The molecule has 0 spiro atoms. The highest BCUT2D eigenvalue weighted by Gasteiger charge is 2.39. The lowest BCUT2D eigenvalue weighted by molar-refractivity contribution is -0.137. The number of halogens is 3. The molecule has 64 heavy (non-hydrogen) atoms. The van der Waals surface area contributed by atoms with Crippen LogP contribution in [0.1, 0.15) is 33.4 Å². The summed E-state index contributed by atoms with van der Waals surface area (Å²) in [5, 5.41) is 51.4. The molecule has 0 bridgehead atoms. The molecule has 0 aliphatic rings. The Bertz CT molecular complexity index is 3570. The molecule has 0 radical (unpaired) electrons.